The maximum absolute atomic E-state index is 5.76. The first-order valence-corrected chi connectivity index (χ1v) is 5.36. The number of fused-ring (bicyclic) bond motifs is 1. The van der Waals surface area contributed by atoms with E-state index in [1.165, 1.54) is 11.1 Å². The van der Waals surface area contributed by atoms with E-state index in [4.69, 9.17) is 9.47 Å². The highest BCUT2D eigenvalue weighted by molar-refractivity contribution is 5.38. The second-order valence-electron chi connectivity index (χ2n) is 3.87. The zero-order valence-corrected chi connectivity index (χ0v) is 9.54. The van der Waals surface area contributed by atoms with Gasteiger partial charge in [-0.2, -0.15) is 0 Å². The van der Waals surface area contributed by atoms with Crippen molar-refractivity contribution in [1.29, 1.82) is 0 Å². The first-order valence-electron chi connectivity index (χ1n) is 5.36. The van der Waals surface area contributed by atoms with Crippen LogP contribution in [0.25, 0.3) is 0 Å². The lowest BCUT2D eigenvalue weighted by Crippen LogP contribution is -2.29. The number of pyridine rings is 1. The Kier molecular flexibility index (Phi) is 2.76. The van der Waals surface area contributed by atoms with Crippen LogP contribution in [0, 0.1) is 6.92 Å². The summed E-state index contributed by atoms with van der Waals surface area (Å²) in [5, 5.41) is 0. The highest BCUT2D eigenvalue weighted by Gasteiger charge is 2.40. The maximum Gasteiger partial charge on any atom is 0.196 e. The lowest BCUT2D eigenvalue weighted by Gasteiger charge is -2.28. The second-order valence-corrected chi connectivity index (χ2v) is 3.87. The van der Waals surface area contributed by atoms with E-state index >= 15 is 0 Å². The Labute approximate surface area is 90.4 Å². The third-order valence-corrected chi connectivity index (χ3v) is 3.09. The van der Waals surface area contributed by atoms with Gasteiger partial charge < -0.3 is 9.47 Å². The molecule has 1 unspecified atom stereocenters. The summed E-state index contributed by atoms with van der Waals surface area (Å²) in [6, 6.07) is 0. The molecule has 0 saturated heterocycles. The van der Waals surface area contributed by atoms with Crippen molar-refractivity contribution in [2.24, 2.45) is 0 Å². The molecule has 1 aromatic heterocycles. The first kappa shape index (κ1) is 10.6. The van der Waals surface area contributed by atoms with Gasteiger partial charge in [-0.15, -0.1) is 0 Å². The SMILES string of the molecule is CCOC1(OC)CCc2c(C)cncc21. The summed E-state index contributed by atoms with van der Waals surface area (Å²) in [5.74, 6) is -0.552. The van der Waals surface area contributed by atoms with Crippen molar-refractivity contribution in [2.45, 2.75) is 32.5 Å². The monoisotopic (exact) mass is 207 g/mol. The van der Waals surface area contributed by atoms with Crippen LogP contribution in [-0.2, 0) is 21.7 Å². The van der Waals surface area contributed by atoms with Gasteiger partial charge in [-0.3, -0.25) is 4.98 Å². The first-order chi connectivity index (χ1) is 7.23. The predicted octanol–water partition coefficient (Wildman–Crippen LogP) is 2.17. The number of methoxy groups -OCH3 is 1. The van der Waals surface area contributed by atoms with Crippen LogP contribution in [0.3, 0.4) is 0 Å². The fourth-order valence-electron chi connectivity index (χ4n) is 2.33. The Hall–Kier alpha value is -0.930. The van der Waals surface area contributed by atoms with Crippen LogP contribution in [0.15, 0.2) is 12.4 Å². The topological polar surface area (TPSA) is 31.4 Å². The second kappa shape index (κ2) is 3.91. The molecule has 15 heavy (non-hydrogen) atoms. The molecule has 1 aromatic rings. The Morgan fingerprint density at radius 1 is 1.47 bits per heavy atom. The zero-order valence-electron chi connectivity index (χ0n) is 9.54. The van der Waals surface area contributed by atoms with Crippen molar-refractivity contribution in [1.82, 2.24) is 4.98 Å². The third kappa shape index (κ3) is 1.56. The fraction of sp³-hybridized carbons (Fsp3) is 0.583. The number of aryl methyl sites for hydroxylation is 1. The fourth-order valence-corrected chi connectivity index (χ4v) is 2.33. The minimum atomic E-state index is -0.552. The lowest BCUT2D eigenvalue weighted by atomic mass is 10.1. The molecule has 0 bridgehead atoms. The standard InChI is InChI=1S/C12H17NO2/c1-4-15-12(14-3)6-5-10-9(2)7-13-8-11(10)12/h7-8H,4-6H2,1-3H3. The predicted molar refractivity (Wildman–Crippen MR) is 57.6 cm³/mol. The van der Waals surface area contributed by atoms with Crippen LogP contribution in [0.2, 0.25) is 0 Å². The summed E-state index contributed by atoms with van der Waals surface area (Å²) in [4.78, 5) is 4.22. The normalized spacial score (nSPS) is 24.2. The molecule has 0 saturated carbocycles. The molecular formula is C12H17NO2. The molecular weight excluding hydrogens is 190 g/mol. The minimum Gasteiger partial charge on any atom is -0.349 e. The zero-order chi connectivity index (χ0) is 10.9. The van der Waals surface area contributed by atoms with Gasteiger partial charge in [-0.1, -0.05) is 0 Å². The van der Waals surface area contributed by atoms with Gasteiger partial charge in [0.1, 0.15) is 0 Å². The molecule has 0 amide bonds. The quantitative estimate of drug-likeness (QED) is 0.712. The van der Waals surface area contributed by atoms with Crippen molar-refractivity contribution in [3.05, 3.63) is 29.1 Å². The van der Waals surface area contributed by atoms with Gasteiger partial charge in [0.05, 0.1) is 0 Å². The Morgan fingerprint density at radius 2 is 2.27 bits per heavy atom. The molecule has 1 heterocycles. The van der Waals surface area contributed by atoms with Gasteiger partial charge >= 0.3 is 0 Å². The van der Waals surface area contributed by atoms with Crippen molar-refractivity contribution in [3.63, 3.8) is 0 Å². The van der Waals surface area contributed by atoms with E-state index in [9.17, 15) is 0 Å². The molecule has 82 valence electrons. The Balaban J connectivity index is 2.46. The molecule has 1 aliphatic carbocycles. The van der Waals surface area contributed by atoms with Gasteiger partial charge in [-0.05, 0) is 31.4 Å². The largest absolute Gasteiger partial charge is 0.349 e. The van der Waals surface area contributed by atoms with Crippen molar-refractivity contribution in [2.75, 3.05) is 13.7 Å². The number of hydrogen-bond acceptors (Lipinski definition) is 3. The smallest absolute Gasteiger partial charge is 0.196 e. The molecule has 1 aliphatic rings. The summed E-state index contributed by atoms with van der Waals surface area (Å²) in [6.07, 6.45) is 5.67. The van der Waals surface area contributed by atoms with Gasteiger partial charge in [0.25, 0.3) is 0 Å². The number of ether oxygens (including phenoxy) is 2. The average Bonchev–Trinajstić information content (AvgIpc) is 2.61. The third-order valence-electron chi connectivity index (χ3n) is 3.09. The number of aromatic nitrogens is 1. The summed E-state index contributed by atoms with van der Waals surface area (Å²) < 4.78 is 11.3. The van der Waals surface area contributed by atoms with E-state index in [2.05, 4.69) is 11.9 Å². The summed E-state index contributed by atoms with van der Waals surface area (Å²) in [5.41, 5.74) is 3.67. The van der Waals surface area contributed by atoms with Crippen LogP contribution < -0.4 is 0 Å². The van der Waals surface area contributed by atoms with Gasteiger partial charge in [-0.25, -0.2) is 0 Å². The van der Waals surface area contributed by atoms with Gasteiger partial charge in [0.2, 0.25) is 0 Å². The average molecular weight is 207 g/mol. The molecule has 0 aromatic carbocycles. The van der Waals surface area contributed by atoms with Crippen LogP contribution >= 0.6 is 0 Å². The van der Waals surface area contributed by atoms with Gasteiger partial charge in [0, 0.05) is 38.1 Å². The van der Waals surface area contributed by atoms with Crippen molar-refractivity contribution in [3.8, 4) is 0 Å². The summed E-state index contributed by atoms with van der Waals surface area (Å²) in [7, 11) is 1.70. The van der Waals surface area contributed by atoms with Crippen LogP contribution in [0.1, 0.15) is 30.0 Å². The number of nitrogens with zero attached hydrogens (tertiary/aromatic N) is 1. The van der Waals surface area contributed by atoms with E-state index in [0.717, 1.165) is 18.4 Å². The van der Waals surface area contributed by atoms with Gasteiger partial charge in [0.15, 0.2) is 5.79 Å². The molecule has 0 aliphatic heterocycles. The van der Waals surface area contributed by atoms with Crippen LogP contribution in [0.4, 0.5) is 0 Å². The Bertz CT molecular complexity index is 365. The van der Waals surface area contributed by atoms with Crippen LogP contribution in [0.5, 0.6) is 0 Å². The maximum atomic E-state index is 5.76. The van der Waals surface area contributed by atoms with E-state index < -0.39 is 5.79 Å². The molecule has 1 atom stereocenters. The van der Waals surface area contributed by atoms with Crippen molar-refractivity contribution < 1.29 is 9.47 Å². The Morgan fingerprint density at radius 3 is 2.93 bits per heavy atom. The molecule has 3 nitrogen and oxygen atoms in total. The van der Waals surface area contributed by atoms with E-state index in [0.29, 0.717) is 6.61 Å². The summed E-state index contributed by atoms with van der Waals surface area (Å²) in [6.45, 7) is 4.73. The lowest BCUT2D eigenvalue weighted by molar-refractivity contribution is -0.227. The molecule has 3 heteroatoms. The molecule has 2 rings (SSSR count). The van der Waals surface area contributed by atoms with Crippen LogP contribution in [-0.4, -0.2) is 18.7 Å². The molecule has 0 N–H and O–H groups in total. The number of rotatable bonds is 3. The minimum absolute atomic E-state index is 0.552. The molecule has 0 radical (unpaired) electrons. The summed E-state index contributed by atoms with van der Waals surface area (Å²) >= 11 is 0. The van der Waals surface area contributed by atoms with E-state index in [1.807, 2.05) is 19.3 Å². The molecule has 0 fully saturated rings. The van der Waals surface area contributed by atoms with Crippen molar-refractivity contribution >= 4 is 0 Å². The van der Waals surface area contributed by atoms with E-state index in [1.54, 1.807) is 7.11 Å². The molecule has 0 spiro atoms. The highest BCUT2D eigenvalue weighted by Crippen LogP contribution is 2.41. The number of hydrogen-bond donors (Lipinski definition) is 0. The van der Waals surface area contributed by atoms with E-state index in [-0.39, 0.29) is 0 Å². The highest BCUT2D eigenvalue weighted by atomic mass is 16.7.